The summed E-state index contributed by atoms with van der Waals surface area (Å²) in [7, 11) is 0. The van der Waals surface area contributed by atoms with Gasteiger partial charge in [0.2, 0.25) is 0 Å². The molecule has 11 heteroatoms. The molecule has 1 aliphatic carbocycles. The topological polar surface area (TPSA) is 179 Å². The summed E-state index contributed by atoms with van der Waals surface area (Å²) in [6.07, 6.45) is -6.86. The van der Waals surface area contributed by atoms with Crippen molar-refractivity contribution in [3.05, 3.63) is 0 Å². The molecule has 0 aromatic rings. The number of aliphatic imine (C=N–C) groups is 1. The van der Waals surface area contributed by atoms with Crippen molar-refractivity contribution in [3.8, 4) is 0 Å². The molecule has 11 nitrogen and oxygen atoms in total. The van der Waals surface area contributed by atoms with Gasteiger partial charge in [0.1, 0.15) is 29.5 Å². The molecule has 4 heterocycles. The highest BCUT2D eigenvalue weighted by Crippen LogP contribution is 2.58. The number of hydrogen-bond donors (Lipinski definition) is 7. The van der Waals surface area contributed by atoms with Gasteiger partial charge in [-0.05, 0) is 6.92 Å². The van der Waals surface area contributed by atoms with Crippen LogP contribution in [0.2, 0.25) is 0 Å². The Morgan fingerprint density at radius 1 is 1.29 bits per heavy atom. The van der Waals surface area contributed by atoms with Crippen molar-refractivity contribution in [2.24, 2.45) is 16.6 Å². The number of nitrogens with two attached hydrogens (primary N) is 1. The van der Waals surface area contributed by atoms with Gasteiger partial charge in [-0.3, -0.25) is 0 Å². The molecule has 4 aliphatic heterocycles. The van der Waals surface area contributed by atoms with E-state index >= 15 is 0 Å². The number of aliphatic hydroxyl groups is 5. The molecule has 24 heavy (non-hydrogen) atoms. The highest BCUT2D eigenvalue weighted by molar-refractivity contribution is 5.80. The molecule has 8 N–H and O–H groups in total. The molecule has 0 aromatic heterocycles. The summed E-state index contributed by atoms with van der Waals surface area (Å²) in [6, 6.07) is 0. The Kier molecular flexibility index (Phi) is 3.26. The second-order valence-corrected chi connectivity index (χ2v) is 6.65. The molecular formula is C13H21N3O8. The summed E-state index contributed by atoms with van der Waals surface area (Å²) >= 11 is 0. The van der Waals surface area contributed by atoms with Gasteiger partial charge in [0.25, 0.3) is 0 Å². The van der Waals surface area contributed by atoms with E-state index in [4.69, 9.17) is 19.9 Å². The van der Waals surface area contributed by atoms with E-state index in [0.717, 1.165) is 0 Å². The fourth-order valence-corrected chi connectivity index (χ4v) is 4.53. The maximum atomic E-state index is 10.8. The van der Waals surface area contributed by atoms with Gasteiger partial charge in [-0.25, -0.2) is 4.99 Å². The highest BCUT2D eigenvalue weighted by atomic mass is 16.9. The zero-order chi connectivity index (χ0) is 17.5. The molecule has 0 aromatic carbocycles. The lowest BCUT2D eigenvalue weighted by Crippen LogP contribution is -2.95. The lowest BCUT2D eigenvalue weighted by atomic mass is 9.55. The standard InChI is InChI=1S/C13H21N3O8/c1-2-22-8-4-6-11(20,3-17)7-5(18)12(4,16-10(14)15-8)9(19)13(21,23-6)24-7/h4-9,17-21H,2-3H2,1H3,(H3,14,15,16)/t4?,5-,6?,7?,8?,9+,11+,12-,13?/m1/s1. The van der Waals surface area contributed by atoms with E-state index < -0.39 is 60.3 Å². The maximum absolute atomic E-state index is 10.8. The van der Waals surface area contributed by atoms with E-state index in [9.17, 15) is 25.5 Å². The third-order valence-electron chi connectivity index (χ3n) is 5.54. The molecule has 9 atom stereocenters. The van der Waals surface area contributed by atoms with E-state index in [2.05, 4.69) is 10.3 Å². The van der Waals surface area contributed by atoms with Crippen LogP contribution >= 0.6 is 0 Å². The van der Waals surface area contributed by atoms with Crippen LogP contribution in [0.15, 0.2) is 4.99 Å². The molecular weight excluding hydrogens is 326 g/mol. The van der Waals surface area contributed by atoms with E-state index in [-0.39, 0.29) is 12.6 Å². The molecule has 4 bridgehead atoms. The van der Waals surface area contributed by atoms with Gasteiger partial charge < -0.3 is 50.8 Å². The fraction of sp³-hybridized carbons (Fsp3) is 0.923. The van der Waals surface area contributed by atoms with Crippen molar-refractivity contribution in [2.75, 3.05) is 13.2 Å². The van der Waals surface area contributed by atoms with Crippen LogP contribution in [0.5, 0.6) is 0 Å². The zero-order valence-corrected chi connectivity index (χ0v) is 12.9. The summed E-state index contributed by atoms with van der Waals surface area (Å²) < 4.78 is 16.1. The predicted molar refractivity (Wildman–Crippen MR) is 75.1 cm³/mol. The minimum Gasteiger partial charge on any atom is -0.393 e. The second kappa shape index (κ2) is 4.77. The maximum Gasteiger partial charge on any atom is 0.311 e. The van der Waals surface area contributed by atoms with Crippen molar-refractivity contribution < 1.29 is 39.7 Å². The van der Waals surface area contributed by atoms with Crippen molar-refractivity contribution in [2.45, 2.75) is 54.7 Å². The molecule has 0 amide bonds. The Morgan fingerprint density at radius 2 is 1.96 bits per heavy atom. The van der Waals surface area contributed by atoms with E-state index in [1.165, 1.54) is 0 Å². The molecule has 0 radical (unpaired) electrons. The van der Waals surface area contributed by atoms with Crippen LogP contribution in [0.3, 0.4) is 0 Å². The molecule has 4 fully saturated rings. The van der Waals surface area contributed by atoms with Gasteiger partial charge in [-0.15, -0.1) is 0 Å². The predicted octanol–water partition coefficient (Wildman–Crippen LogP) is -4.48. The van der Waals surface area contributed by atoms with Gasteiger partial charge in [0, 0.05) is 6.61 Å². The zero-order valence-electron chi connectivity index (χ0n) is 12.9. The molecule has 1 saturated carbocycles. The first-order valence-electron chi connectivity index (χ1n) is 7.75. The Morgan fingerprint density at radius 3 is 2.58 bits per heavy atom. The molecule has 5 unspecified atom stereocenters. The summed E-state index contributed by atoms with van der Waals surface area (Å²) in [5.41, 5.74) is 2.15. The fourth-order valence-electron chi connectivity index (χ4n) is 4.53. The van der Waals surface area contributed by atoms with Gasteiger partial charge in [-0.2, -0.15) is 0 Å². The summed E-state index contributed by atoms with van der Waals surface area (Å²) in [5, 5.41) is 55.2. The average Bonchev–Trinajstić information content (AvgIpc) is 2.53. The molecule has 1 spiro atoms. The Labute approximate surface area is 136 Å². The third-order valence-corrected chi connectivity index (χ3v) is 5.54. The van der Waals surface area contributed by atoms with Crippen molar-refractivity contribution in [1.29, 1.82) is 0 Å². The van der Waals surface area contributed by atoms with Gasteiger partial charge in [0.05, 0.1) is 12.5 Å². The van der Waals surface area contributed by atoms with Crippen LogP contribution in [0.4, 0.5) is 0 Å². The van der Waals surface area contributed by atoms with Crippen molar-refractivity contribution in [3.63, 3.8) is 0 Å². The SMILES string of the molecule is CCOC1N=C(N)N[C@]23C1C1OC(O)(OC([C@H]2O)[C@]1(O)CO)[C@H]3O. The Hall–Kier alpha value is -1.05. The minimum absolute atomic E-state index is 0.0964. The van der Waals surface area contributed by atoms with Crippen molar-refractivity contribution >= 4 is 5.96 Å². The molecule has 5 rings (SSSR count). The number of guanidine groups is 1. The lowest BCUT2D eigenvalue weighted by molar-refractivity contribution is -0.548. The first-order chi connectivity index (χ1) is 11.2. The van der Waals surface area contributed by atoms with Crippen LogP contribution in [0.1, 0.15) is 6.92 Å². The number of nitrogens with one attached hydrogen (secondary N) is 1. The molecule has 3 saturated heterocycles. The quantitative estimate of drug-likeness (QED) is 0.263. The minimum atomic E-state index is -2.46. The van der Waals surface area contributed by atoms with E-state index in [1.807, 2.05) is 0 Å². The van der Waals surface area contributed by atoms with E-state index in [0.29, 0.717) is 0 Å². The number of nitrogens with zero attached hydrogens (tertiary/aromatic N) is 1. The summed E-state index contributed by atoms with van der Waals surface area (Å²) in [4.78, 5) is 4.11. The average molecular weight is 347 g/mol. The third kappa shape index (κ3) is 1.61. The Balaban J connectivity index is 1.91. The van der Waals surface area contributed by atoms with Crippen LogP contribution < -0.4 is 11.1 Å². The largest absolute Gasteiger partial charge is 0.393 e. The highest BCUT2D eigenvalue weighted by Gasteiger charge is 2.83. The summed E-state index contributed by atoms with van der Waals surface area (Å²) in [6.45, 7) is 1.17. The Bertz CT molecular complexity index is 592. The van der Waals surface area contributed by atoms with Crippen LogP contribution in [0.25, 0.3) is 0 Å². The lowest BCUT2D eigenvalue weighted by Gasteiger charge is -2.71. The van der Waals surface area contributed by atoms with Crippen LogP contribution in [-0.4, -0.2) is 92.5 Å². The van der Waals surface area contributed by atoms with Gasteiger partial charge >= 0.3 is 5.97 Å². The number of rotatable bonds is 3. The second-order valence-electron chi connectivity index (χ2n) is 6.65. The van der Waals surface area contributed by atoms with Crippen molar-refractivity contribution in [1.82, 2.24) is 5.32 Å². The normalized spacial score (nSPS) is 58.2. The first kappa shape index (κ1) is 16.4. The molecule has 5 aliphatic rings. The first-order valence-corrected chi connectivity index (χ1v) is 7.75. The number of hydrogen-bond acceptors (Lipinski definition) is 11. The number of ether oxygens (including phenoxy) is 3. The smallest absolute Gasteiger partial charge is 0.311 e. The monoisotopic (exact) mass is 347 g/mol. The van der Waals surface area contributed by atoms with E-state index in [1.54, 1.807) is 6.92 Å². The van der Waals surface area contributed by atoms with Crippen LogP contribution in [0, 0.1) is 5.92 Å². The van der Waals surface area contributed by atoms with Gasteiger partial charge in [-0.1, -0.05) is 0 Å². The molecule has 136 valence electrons. The number of aliphatic hydroxyl groups excluding tert-OH is 3. The van der Waals surface area contributed by atoms with Crippen LogP contribution in [-0.2, 0) is 14.2 Å². The van der Waals surface area contributed by atoms with Gasteiger partial charge in [0.15, 0.2) is 18.3 Å². The summed E-state index contributed by atoms with van der Waals surface area (Å²) in [5.74, 6) is -3.50.